The molecule has 0 spiro atoms. The molecule has 5 nitrogen and oxygen atoms in total. The van der Waals surface area contributed by atoms with Gasteiger partial charge in [0.2, 0.25) is 0 Å². The summed E-state index contributed by atoms with van der Waals surface area (Å²) in [5, 5.41) is 7.64. The molecule has 1 N–H and O–H groups in total. The van der Waals surface area contributed by atoms with Gasteiger partial charge in [-0.3, -0.25) is 4.79 Å². The average Bonchev–Trinajstić information content (AvgIpc) is 3.06. The Morgan fingerprint density at radius 3 is 2.84 bits per heavy atom. The molecule has 0 radical (unpaired) electrons. The Bertz CT molecular complexity index is 876. The Kier molecular flexibility index (Phi) is 5.50. The summed E-state index contributed by atoms with van der Waals surface area (Å²) in [6, 6.07) is 13.3. The fourth-order valence-electron chi connectivity index (χ4n) is 2.45. The summed E-state index contributed by atoms with van der Waals surface area (Å²) in [7, 11) is 0. The van der Waals surface area contributed by atoms with E-state index in [1.54, 1.807) is 18.3 Å². The van der Waals surface area contributed by atoms with Crippen molar-refractivity contribution in [3.8, 4) is 0 Å². The first-order chi connectivity index (χ1) is 12.2. The number of hydrogen-bond donors (Lipinski definition) is 1. The molecule has 0 saturated heterocycles. The average molecular weight is 353 g/mol. The van der Waals surface area contributed by atoms with Gasteiger partial charge >= 0.3 is 0 Å². The van der Waals surface area contributed by atoms with E-state index in [0.717, 1.165) is 29.1 Å². The van der Waals surface area contributed by atoms with E-state index < -0.39 is 0 Å². The second-order valence-electron chi connectivity index (χ2n) is 5.54. The lowest BCUT2D eigenvalue weighted by Crippen LogP contribution is -2.14. The Morgan fingerprint density at radius 1 is 1.24 bits per heavy atom. The van der Waals surface area contributed by atoms with E-state index in [1.807, 2.05) is 37.3 Å². The lowest BCUT2D eigenvalue weighted by atomic mass is 10.1. The lowest BCUT2D eigenvalue weighted by molar-refractivity contribution is 0.102. The van der Waals surface area contributed by atoms with E-state index >= 15 is 0 Å². The maximum absolute atomic E-state index is 12.7. The monoisotopic (exact) mass is 353 g/mol. The van der Waals surface area contributed by atoms with Gasteiger partial charge in [-0.05, 0) is 37.1 Å². The van der Waals surface area contributed by atoms with Crippen LogP contribution in [0.1, 0.15) is 34.3 Å². The Morgan fingerprint density at radius 2 is 2.08 bits per heavy atom. The van der Waals surface area contributed by atoms with E-state index in [2.05, 4.69) is 22.4 Å². The summed E-state index contributed by atoms with van der Waals surface area (Å²) in [5.41, 5.74) is 3.32. The number of amides is 1. The maximum atomic E-state index is 12.7. The predicted molar refractivity (Wildman–Crippen MR) is 98.8 cm³/mol. The van der Waals surface area contributed by atoms with E-state index in [4.69, 9.17) is 4.52 Å². The molecular formula is C19H19N3O2S. The van der Waals surface area contributed by atoms with Crippen molar-refractivity contribution in [3.05, 3.63) is 71.2 Å². The molecule has 0 saturated carbocycles. The Labute approximate surface area is 150 Å². The third-order valence-electron chi connectivity index (χ3n) is 3.70. The van der Waals surface area contributed by atoms with Crippen LogP contribution in [0.25, 0.3) is 0 Å². The van der Waals surface area contributed by atoms with Crippen LogP contribution in [0.4, 0.5) is 5.69 Å². The summed E-state index contributed by atoms with van der Waals surface area (Å²) in [6.07, 6.45) is 2.55. The standard InChI is InChI=1S/C19H19N3O2S/c1-3-14-7-4-5-9-17(14)21-18(23)16-8-6-10-20-19(16)25-12-15-11-13(2)24-22-15/h4-11H,3,12H2,1-2H3,(H,21,23). The van der Waals surface area contributed by atoms with Crippen molar-refractivity contribution in [2.75, 3.05) is 5.32 Å². The number of pyridine rings is 1. The molecule has 25 heavy (non-hydrogen) atoms. The van der Waals surface area contributed by atoms with Gasteiger partial charge in [0.05, 0.1) is 11.3 Å². The van der Waals surface area contributed by atoms with Crippen molar-refractivity contribution in [3.63, 3.8) is 0 Å². The van der Waals surface area contributed by atoms with E-state index in [-0.39, 0.29) is 5.91 Å². The van der Waals surface area contributed by atoms with Gasteiger partial charge in [0.15, 0.2) is 0 Å². The highest BCUT2D eigenvalue weighted by Crippen LogP contribution is 2.25. The molecule has 0 fully saturated rings. The number of nitrogens with zero attached hydrogens (tertiary/aromatic N) is 2. The summed E-state index contributed by atoms with van der Waals surface area (Å²) in [5.74, 6) is 1.21. The zero-order valence-corrected chi connectivity index (χ0v) is 15.0. The zero-order chi connectivity index (χ0) is 17.6. The highest BCUT2D eigenvalue weighted by Gasteiger charge is 2.15. The minimum absolute atomic E-state index is 0.159. The number of para-hydroxylation sites is 1. The van der Waals surface area contributed by atoms with Crippen molar-refractivity contribution in [1.29, 1.82) is 0 Å². The highest BCUT2D eigenvalue weighted by atomic mass is 32.2. The molecule has 0 atom stereocenters. The van der Waals surface area contributed by atoms with Crippen molar-refractivity contribution < 1.29 is 9.32 Å². The largest absolute Gasteiger partial charge is 0.361 e. The number of benzene rings is 1. The first kappa shape index (κ1) is 17.2. The van der Waals surface area contributed by atoms with Crippen molar-refractivity contribution in [2.24, 2.45) is 0 Å². The summed E-state index contributed by atoms with van der Waals surface area (Å²) in [6.45, 7) is 3.92. The van der Waals surface area contributed by atoms with Gasteiger partial charge in [-0.15, -0.1) is 0 Å². The van der Waals surface area contributed by atoms with Gasteiger partial charge in [-0.25, -0.2) is 4.98 Å². The molecule has 0 bridgehead atoms. The van der Waals surface area contributed by atoms with E-state index in [9.17, 15) is 4.79 Å². The van der Waals surface area contributed by atoms with Crippen molar-refractivity contribution in [1.82, 2.24) is 10.1 Å². The van der Waals surface area contributed by atoms with Crippen LogP contribution in [-0.2, 0) is 12.2 Å². The third-order valence-corrected chi connectivity index (χ3v) is 4.73. The van der Waals surface area contributed by atoms with Crippen LogP contribution in [0.2, 0.25) is 0 Å². The minimum atomic E-state index is -0.159. The minimum Gasteiger partial charge on any atom is -0.361 e. The highest BCUT2D eigenvalue weighted by molar-refractivity contribution is 7.98. The van der Waals surface area contributed by atoms with Crippen LogP contribution >= 0.6 is 11.8 Å². The van der Waals surface area contributed by atoms with Crippen molar-refractivity contribution >= 4 is 23.4 Å². The number of carbonyl (C=O) groups is 1. The lowest BCUT2D eigenvalue weighted by Gasteiger charge is -2.11. The molecule has 0 unspecified atom stereocenters. The number of aromatic nitrogens is 2. The smallest absolute Gasteiger partial charge is 0.258 e. The number of nitrogens with one attached hydrogen (secondary N) is 1. The molecule has 6 heteroatoms. The van der Waals surface area contributed by atoms with Gasteiger partial charge in [-0.1, -0.05) is 42.0 Å². The predicted octanol–water partition coefficient (Wildman–Crippen LogP) is 4.49. The fraction of sp³-hybridized carbons (Fsp3) is 0.211. The number of hydrogen-bond acceptors (Lipinski definition) is 5. The summed E-state index contributed by atoms with van der Waals surface area (Å²) in [4.78, 5) is 17.1. The second kappa shape index (κ2) is 7.98. The molecule has 3 rings (SSSR count). The SMILES string of the molecule is CCc1ccccc1NC(=O)c1cccnc1SCc1cc(C)on1. The van der Waals surface area contributed by atoms with Gasteiger partial charge in [0.1, 0.15) is 10.8 Å². The fourth-order valence-corrected chi connectivity index (χ4v) is 3.32. The molecule has 0 aliphatic carbocycles. The summed E-state index contributed by atoms with van der Waals surface area (Å²) >= 11 is 1.47. The molecule has 0 aliphatic heterocycles. The molecule has 0 aliphatic rings. The van der Waals surface area contributed by atoms with Crippen LogP contribution in [0, 0.1) is 6.92 Å². The number of anilines is 1. The second-order valence-corrected chi connectivity index (χ2v) is 6.50. The van der Waals surface area contributed by atoms with E-state index in [0.29, 0.717) is 16.3 Å². The van der Waals surface area contributed by atoms with E-state index in [1.165, 1.54) is 11.8 Å². The topological polar surface area (TPSA) is 68.0 Å². The number of aryl methyl sites for hydroxylation is 2. The third kappa shape index (κ3) is 4.28. The molecule has 1 amide bonds. The quantitative estimate of drug-likeness (QED) is 0.662. The first-order valence-electron chi connectivity index (χ1n) is 8.06. The Hall–Kier alpha value is -2.60. The van der Waals surface area contributed by atoms with Crippen LogP contribution in [0.15, 0.2) is 58.2 Å². The molecule has 2 aromatic heterocycles. The molecule has 2 heterocycles. The van der Waals surface area contributed by atoms with Crippen LogP contribution in [0.3, 0.4) is 0 Å². The van der Waals surface area contributed by atoms with Gasteiger partial charge in [0.25, 0.3) is 5.91 Å². The molecule has 3 aromatic rings. The first-order valence-corrected chi connectivity index (χ1v) is 9.05. The maximum Gasteiger partial charge on any atom is 0.258 e. The van der Waals surface area contributed by atoms with Crippen LogP contribution < -0.4 is 5.32 Å². The number of rotatable bonds is 6. The van der Waals surface area contributed by atoms with Crippen LogP contribution in [-0.4, -0.2) is 16.0 Å². The van der Waals surface area contributed by atoms with Gasteiger partial charge in [-0.2, -0.15) is 0 Å². The van der Waals surface area contributed by atoms with Crippen molar-refractivity contribution in [2.45, 2.75) is 31.0 Å². The summed E-state index contributed by atoms with van der Waals surface area (Å²) < 4.78 is 5.07. The van der Waals surface area contributed by atoms with Gasteiger partial charge < -0.3 is 9.84 Å². The van der Waals surface area contributed by atoms with Gasteiger partial charge in [0, 0.05) is 23.7 Å². The molecule has 1 aromatic carbocycles. The number of carbonyl (C=O) groups excluding carboxylic acids is 1. The zero-order valence-electron chi connectivity index (χ0n) is 14.2. The molecule has 128 valence electrons. The normalized spacial score (nSPS) is 10.6. The van der Waals surface area contributed by atoms with Crippen LogP contribution in [0.5, 0.6) is 0 Å². The Balaban J connectivity index is 1.76. The molecular weight excluding hydrogens is 334 g/mol. The number of thioether (sulfide) groups is 1.